The third-order valence-corrected chi connectivity index (χ3v) is 3.50. The van der Waals surface area contributed by atoms with Gasteiger partial charge >= 0.3 is 5.97 Å². The first-order valence-electron chi connectivity index (χ1n) is 6.50. The number of aryl methyl sites for hydroxylation is 1. The first-order chi connectivity index (χ1) is 10.1. The highest BCUT2D eigenvalue weighted by molar-refractivity contribution is 5.72. The molecule has 0 amide bonds. The van der Waals surface area contributed by atoms with Gasteiger partial charge in [0.15, 0.2) is 11.9 Å². The number of nitro benzene ring substituents is 1. The van der Waals surface area contributed by atoms with Crippen molar-refractivity contribution in [2.45, 2.75) is 25.3 Å². The van der Waals surface area contributed by atoms with Gasteiger partial charge in [-0.25, -0.2) is 14.5 Å². The third kappa shape index (κ3) is 2.24. The van der Waals surface area contributed by atoms with Crippen molar-refractivity contribution in [3.8, 4) is 11.4 Å². The number of aliphatic carboxylic acids is 1. The third-order valence-electron chi connectivity index (χ3n) is 3.50. The van der Waals surface area contributed by atoms with Crippen LogP contribution in [0.15, 0.2) is 24.3 Å². The van der Waals surface area contributed by atoms with E-state index in [4.69, 9.17) is 0 Å². The number of carboxylic acid groups (broad SMARTS) is 1. The van der Waals surface area contributed by atoms with Gasteiger partial charge in [-0.15, -0.1) is 5.10 Å². The number of nitro groups is 1. The number of aromatic nitrogens is 3. The van der Waals surface area contributed by atoms with Crippen molar-refractivity contribution in [2.24, 2.45) is 0 Å². The molecule has 2 heterocycles. The second kappa shape index (κ2) is 4.97. The lowest BCUT2D eigenvalue weighted by atomic mass is 10.1. The summed E-state index contributed by atoms with van der Waals surface area (Å²) < 4.78 is 1.37. The van der Waals surface area contributed by atoms with Crippen LogP contribution in [-0.2, 0) is 11.2 Å². The molecule has 0 radical (unpaired) electrons. The van der Waals surface area contributed by atoms with Gasteiger partial charge in [-0.05, 0) is 18.9 Å². The van der Waals surface area contributed by atoms with Crippen molar-refractivity contribution < 1.29 is 14.8 Å². The molecule has 0 aliphatic carbocycles. The number of benzene rings is 1. The zero-order valence-corrected chi connectivity index (χ0v) is 11.0. The fourth-order valence-electron chi connectivity index (χ4n) is 2.52. The smallest absolute Gasteiger partial charge is 0.328 e. The van der Waals surface area contributed by atoms with Gasteiger partial charge in [0.25, 0.3) is 5.69 Å². The summed E-state index contributed by atoms with van der Waals surface area (Å²) in [5, 5.41) is 24.5. The second-order valence-electron chi connectivity index (χ2n) is 4.82. The van der Waals surface area contributed by atoms with E-state index in [1.807, 2.05) is 0 Å². The van der Waals surface area contributed by atoms with Crippen molar-refractivity contribution in [3.05, 3.63) is 40.2 Å². The summed E-state index contributed by atoms with van der Waals surface area (Å²) >= 11 is 0. The summed E-state index contributed by atoms with van der Waals surface area (Å²) in [7, 11) is 0. The highest BCUT2D eigenvalue weighted by Crippen LogP contribution is 2.30. The Hall–Kier alpha value is -2.77. The minimum absolute atomic E-state index is 0.0904. The van der Waals surface area contributed by atoms with Crippen LogP contribution in [0.3, 0.4) is 0 Å². The van der Waals surface area contributed by atoms with Crippen LogP contribution < -0.4 is 0 Å². The maximum Gasteiger partial charge on any atom is 0.328 e. The van der Waals surface area contributed by atoms with Crippen LogP contribution in [0, 0.1) is 10.1 Å². The van der Waals surface area contributed by atoms with Crippen molar-refractivity contribution in [3.63, 3.8) is 0 Å². The number of hydrogen-bond acceptors (Lipinski definition) is 5. The van der Waals surface area contributed by atoms with E-state index in [0.717, 1.165) is 0 Å². The Morgan fingerprint density at radius 2 is 2.19 bits per heavy atom. The molecule has 0 fully saturated rings. The van der Waals surface area contributed by atoms with Crippen LogP contribution in [0.25, 0.3) is 11.4 Å². The zero-order chi connectivity index (χ0) is 15.0. The standard InChI is InChI=1S/C13H12N4O4/c18-13(19)10-6-3-7-11-14-12(15-16(10)11)8-4-1-2-5-9(8)17(20)21/h1-2,4-5,10H,3,6-7H2,(H,18,19). The van der Waals surface area contributed by atoms with Gasteiger partial charge in [-0.3, -0.25) is 10.1 Å². The Bertz CT molecular complexity index is 725. The molecule has 0 spiro atoms. The van der Waals surface area contributed by atoms with E-state index in [2.05, 4.69) is 10.1 Å². The van der Waals surface area contributed by atoms with Gasteiger partial charge in [0.2, 0.25) is 0 Å². The van der Waals surface area contributed by atoms with Crippen LogP contribution in [0.4, 0.5) is 5.69 Å². The lowest BCUT2D eigenvalue weighted by molar-refractivity contribution is -0.384. The van der Waals surface area contributed by atoms with Gasteiger partial charge < -0.3 is 5.11 Å². The van der Waals surface area contributed by atoms with E-state index >= 15 is 0 Å². The Morgan fingerprint density at radius 3 is 2.90 bits per heavy atom. The molecule has 1 N–H and O–H groups in total. The van der Waals surface area contributed by atoms with E-state index < -0.39 is 16.9 Å². The molecule has 0 saturated carbocycles. The predicted molar refractivity (Wildman–Crippen MR) is 71.7 cm³/mol. The second-order valence-corrected chi connectivity index (χ2v) is 4.82. The molecule has 3 rings (SSSR count). The van der Waals surface area contributed by atoms with Crippen LogP contribution in [-0.4, -0.2) is 30.8 Å². The summed E-state index contributed by atoms with van der Waals surface area (Å²) in [5.41, 5.74) is 0.209. The van der Waals surface area contributed by atoms with Gasteiger partial charge in [0.05, 0.1) is 10.5 Å². The summed E-state index contributed by atoms with van der Waals surface area (Å²) in [6, 6.07) is 5.42. The van der Waals surface area contributed by atoms with Crippen molar-refractivity contribution in [2.75, 3.05) is 0 Å². The fourth-order valence-corrected chi connectivity index (χ4v) is 2.52. The topological polar surface area (TPSA) is 111 Å². The summed E-state index contributed by atoms with van der Waals surface area (Å²) in [5.74, 6) is -0.206. The Balaban J connectivity index is 2.10. The normalized spacial score (nSPS) is 17.2. The Morgan fingerprint density at radius 1 is 1.43 bits per heavy atom. The molecule has 2 aromatic rings. The molecular weight excluding hydrogens is 276 g/mol. The SMILES string of the molecule is O=C(O)C1CCCc2nc(-c3ccccc3[N+](=O)[O-])nn21. The summed E-state index contributed by atoms with van der Waals surface area (Å²) in [6.45, 7) is 0. The fraction of sp³-hybridized carbons (Fsp3) is 0.308. The molecule has 1 aliphatic rings. The average molecular weight is 288 g/mol. The minimum atomic E-state index is -0.963. The monoisotopic (exact) mass is 288 g/mol. The lowest BCUT2D eigenvalue weighted by Gasteiger charge is -2.19. The van der Waals surface area contributed by atoms with Crippen LogP contribution in [0.5, 0.6) is 0 Å². The number of rotatable bonds is 3. The molecule has 1 aromatic carbocycles. The number of carboxylic acids is 1. The highest BCUT2D eigenvalue weighted by Gasteiger charge is 2.30. The number of fused-ring (bicyclic) bond motifs is 1. The van der Waals surface area contributed by atoms with Crippen LogP contribution in [0.1, 0.15) is 24.7 Å². The van der Waals surface area contributed by atoms with Gasteiger partial charge in [-0.2, -0.15) is 0 Å². The first kappa shape index (κ1) is 13.2. The number of carbonyl (C=O) groups is 1. The molecule has 0 bridgehead atoms. The molecule has 1 atom stereocenters. The molecular formula is C13H12N4O4. The minimum Gasteiger partial charge on any atom is -0.480 e. The molecule has 0 saturated heterocycles. The lowest BCUT2D eigenvalue weighted by Crippen LogP contribution is -2.25. The first-order valence-corrected chi connectivity index (χ1v) is 6.50. The van der Waals surface area contributed by atoms with Gasteiger partial charge in [0.1, 0.15) is 5.82 Å². The summed E-state index contributed by atoms with van der Waals surface area (Å²) in [6.07, 6.45) is 1.82. The molecule has 1 aromatic heterocycles. The van der Waals surface area contributed by atoms with Crippen molar-refractivity contribution in [1.82, 2.24) is 14.8 Å². The molecule has 8 heteroatoms. The van der Waals surface area contributed by atoms with E-state index in [-0.39, 0.29) is 11.5 Å². The maximum absolute atomic E-state index is 11.2. The molecule has 1 unspecified atom stereocenters. The average Bonchev–Trinajstić information content (AvgIpc) is 2.90. The predicted octanol–water partition coefficient (Wildman–Crippen LogP) is 1.82. The highest BCUT2D eigenvalue weighted by atomic mass is 16.6. The number of para-hydroxylation sites is 1. The van der Waals surface area contributed by atoms with E-state index in [1.54, 1.807) is 18.2 Å². The van der Waals surface area contributed by atoms with Gasteiger partial charge in [0, 0.05) is 12.5 Å². The van der Waals surface area contributed by atoms with E-state index in [1.165, 1.54) is 10.7 Å². The van der Waals surface area contributed by atoms with E-state index in [9.17, 15) is 20.0 Å². The quantitative estimate of drug-likeness (QED) is 0.681. The molecule has 8 nitrogen and oxygen atoms in total. The number of nitrogens with zero attached hydrogens (tertiary/aromatic N) is 4. The van der Waals surface area contributed by atoms with E-state index in [0.29, 0.717) is 30.7 Å². The zero-order valence-electron chi connectivity index (χ0n) is 11.0. The molecule has 108 valence electrons. The Labute approximate surface area is 119 Å². The molecule has 21 heavy (non-hydrogen) atoms. The van der Waals surface area contributed by atoms with Crippen LogP contribution >= 0.6 is 0 Å². The van der Waals surface area contributed by atoms with Crippen molar-refractivity contribution in [1.29, 1.82) is 0 Å². The summed E-state index contributed by atoms with van der Waals surface area (Å²) in [4.78, 5) is 26.1. The van der Waals surface area contributed by atoms with Crippen LogP contribution in [0.2, 0.25) is 0 Å². The maximum atomic E-state index is 11.2. The van der Waals surface area contributed by atoms with Gasteiger partial charge in [-0.1, -0.05) is 12.1 Å². The number of hydrogen-bond donors (Lipinski definition) is 1. The molecule has 1 aliphatic heterocycles. The Kier molecular flexibility index (Phi) is 3.13. The largest absolute Gasteiger partial charge is 0.480 e. The van der Waals surface area contributed by atoms with Crippen molar-refractivity contribution >= 4 is 11.7 Å².